The zero-order chi connectivity index (χ0) is 21.2. The van der Waals surface area contributed by atoms with Gasteiger partial charge < -0.3 is 21.1 Å². The topological polar surface area (TPSA) is 98.9 Å². The third-order valence-corrected chi connectivity index (χ3v) is 5.93. The highest BCUT2D eigenvalue weighted by Gasteiger charge is 2.44. The van der Waals surface area contributed by atoms with Gasteiger partial charge in [-0.3, -0.25) is 9.69 Å². The van der Waals surface area contributed by atoms with Crippen molar-refractivity contribution in [1.29, 1.82) is 0 Å². The summed E-state index contributed by atoms with van der Waals surface area (Å²) in [5.41, 5.74) is 7.39. The zero-order valence-electron chi connectivity index (χ0n) is 17.7. The monoisotopic (exact) mass is 402 g/mol. The SMILES string of the molecule is CC(C)(C)N[C@@H]1CC[C@H](N2CC[C@H](N(Cc3ccccc3)C(=O)O)C2=O)[C@H](N)C1. The van der Waals surface area contributed by atoms with Gasteiger partial charge in [0.15, 0.2) is 0 Å². The van der Waals surface area contributed by atoms with Crippen LogP contribution in [0.4, 0.5) is 4.79 Å². The summed E-state index contributed by atoms with van der Waals surface area (Å²) < 4.78 is 0. The molecule has 0 aromatic heterocycles. The van der Waals surface area contributed by atoms with Crippen molar-refractivity contribution in [2.24, 2.45) is 5.73 Å². The number of rotatable bonds is 5. The second-order valence-electron chi connectivity index (χ2n) is 9.37. The summed E-state index contributed by atoms with van der Waals surface area (Å²) in [5.74, 6) is -0.106. The van der Waals surface area contributed by atoms with Crippen LogP contribution in [0.2, 0.25) is 0 Å². The molecule has 4 atom stereocenters. The molecular weight excluding hydrogens is 368 g/mol. The predicted molar refractivity (Wildman–Crippen MR) is 112 cm³/mol. The number of hydrogen-bond donors (Lipinski definition) is 3. The van der Waals surface area contributed by atoms with Crippen molar-refractivity contribution in [3.05, 3.63) is 35.9 Å². The molecule has 1 aromatic rings. The molecule has 7 heteroatoms. The molecule has 0 bridgehead atoms. The first-order chi connectivity index (χ1) is 13.7. The molecule has 2 amide bonds. The van der Waals surface area contributed by atoms with Crippen LogP contribution in [0.15, 0.2) is 30.3 Å². The van der Waals surface area contributed by atoms with E-state index in [2.05, 4.69) is 26.1 Å². The maximum Gasteiger partial charge on any atom is 0.408 e. The summed E-state index contributed by atoms with van der Waals surface area (Å²) in [6, 6.07) is 9.01. The van der Waals surface area contributed by atoms with E-state index in [1.165, 1.54) is 4.90 Å². The number of amides is 2. The normalized spacial score (nSPS) is 27.9. The van der Waals surface area contributed by atoms with E-state index in [1.807, 2.05) is 35.2 Å². The Morgan fingerprint density at radius 2 is 1.93 bits per heavy atom. The van der Waals surface area contributed by atoms with Gasteiger partial charge in [0.05, 0.1) is 0 Å². The van der Waals surface area contributed by atoms with Crippen LogP contribution in [0.25, 0.3) is 0 Å². The summed E-state index contributed by atoms with van der Waals surface area (Å²) >= 11 is 0. The van der Waals surface area contributed by atoms with Crippen molar-refractivity contribution in [2.75, 3.05) is 6.54 Å². The van der Waals surface area contributed by atoms with Gasteiger partial charge in [-0.05, 0) is 52.0 Å². The van der Waals surface area contributed by atoms with Gasteiger partial charge in [0.2, 0.25) is 5.91 Å². The lowest BCUT2D eigenvalue weighted by molar-refractivity contribution is -0.134. The minimum absolute atomic E-state index is 0.0158. The van der Waals surface area contributed by atoms with Crippen LogP contribution in [0.1, 0.15) is 52.0 Å². The highest BCUT2D eigenvalue weighted by molar-refractivity contribution is 5.87. The first-order valence-electron chi connectivity index (χ1n) is 10.5. The van der Waals surface area contributed by atoms with E-state index < -0.39 is 12.1 Å². The lowest BCUT2D eigenvalue weighted by atomic mass is 9.85. The minimum Gasteiger partial charge on any atom is -0.465 e. The molecule has 3 rings (SSSR count). The third kappa shape index (κ3) is 5.28. The summed E-state index contributed by atoms with van der Waals surface area (Å²) in [7, 11) is 0. The number of carbonyl (C=O) groups excluding carboxylic acids is 1. The van der Waals surface area contributed by atoms with Gasteiger partial charge >= 0.3 is 6.09 Å². The molecule has 1 heterocycles. The fourth-order valence-electron chi connectivity index (χ4n) is 4.72. The van der Waals surface area contributed by atoms with E-state index in [0.29, 0.717) is 19.0 Å². The van der Waals surface area contributed by atoms with Crippen LogP contribution in [0, 0.1) is 0 Å². The molecule has 0 radical (unpaired) electrons. The fraction of sp³-hybridized carbons (Fsp3) is 0.636. The van der Waals surface area contributed by atoms with Crippen molar-refractivity contribution >= 4 is 12.0 Å². The van der Waals surface area contributed by atoms with Crippen LogP contribution in [-0.4, -0.2) is 63.2 Å². The first kappa shape index (κ1) is 21.6. The molecule has 2 fully saturated rings. The maximum absolute atomic E-state index is 13.1. The van der Waals surface area contributed by atoms with Crippen molar-refractivity contribution in [1.82, 2.24) is 15.1 Å². The van der Waals surface area contributed by atoms with Crippen molar-refractivity contribution < 1.29 is 14.7 Å². The van der Waals surface area contributed by atoms with E-state index in [9.17, 15) is 14.7 Å². The molecule has 1 saturated carbocycles. The number of nitrogens with one attached hydrogen (secondary N) is 1. The van der Waals surface area contributed by atoms with Gasteiger partial charge in [-0.15, -0.1) is 0 Å². The number of nitrogens with two attached hydrogens (primary N) is 1. The quantitative estimate of drug-likeness (QED) is 0.702. The zero-order valence-corrected chi connectivity index (χ0v) is 17.7. The van der Waals surface area contributed by atoms with Crippen molar-refractivity contribution in [3.63, 3.8) is 0 Å². The number of likely N-dealkylation sites (tertiary alicyclic amines) is 1. The molecule has 29 heavy (non-hydrogen) atoms. The second-order valence-corrected chi connectivity index (χ2v) is 9.37. The Hall–Kier alpha value is -2.12. The number of nitrogens with zero attached hydrogens (tertiary/aromatic N) is 2. The Balaban J connectivity index is 1.65. The molecule has 1 aliphatic heterocycles. The molecule has 1 aromatic carbocycles. The first-order valence-corrected chi connectivity index (χ1v) is 10.5. The molecule has 160 valence electrons. The molecule has 2 aliphatic rings. The van der Waals surface area contributed by atoms with Crippen molar-refractivity contribution in [3.8, 4) is 0 Å². The van der Waals surface area contributed by atoms with Crippen LogP contribution in [0.3, 0.4) is 0 Å². The Kier molecular flexibility index (Phi) is 6.49. The molecular formula is C22H34N4O3. The highest BCUT2D eigenvalue weighted by Crippen LogP contribution is 2.29. The standard InChI is InChI=1S/C22H34N4O3/c1-22(2,3)24-16-9-10-18(17(23)13-16)25-12-11-19(20(25)27)26(21(28)29)14-15-7-5-4-6-8-15/h4-8,16-19,24H,9-14,23H2,1-3H3,(H,28,29)/t16-,17-,18+,19+/m1/s1. The Morgan fingerprint density at radius 3 is 2.52 bits per heavy atom. The summed E-state index contributed by atoms with van der Waals surface area (Å²) in [4.78, 5) is 28.1. The highest BCUT2D eigenvalue weighted by atomic mass is 16.4. The summed E-state index contributed by atoms with van der Waals surface area (Å²) in [6.07, 6.45) is 2.10. The Bertz CT molecular complexity index is 719. The van der Waals surface area contributed by atoms with E-state index >= 15 is 0 Å². The average molecular weight is 403 g/mol. The van der Waals surface area contributed by atoms with Crippen LogP contribution in [-0.2, 0) is 11.3 Å². The van der Waals surface area contributed by atoms with E-state index in [-0.39, 0.29) is 30.1 Å². The van der Waals surface area contributed by atoms with Crippen LogP contribution in [0.5, 0.6) is 0 Å². The second kappa shape index (κ2) is 8.71. The van der Waals surface area contributed by atoms with Gasteiger partial charge in [-0.2, -0.15) is 0 Å². The number of benzene rings is 1. The van der Waals surface area contributed by atoms with Crippen LogP contribution >= 0.6 is 0 Å². The Labute approximate surface area is 173 Å². The predicted octanol–water partition coefficient (Wildman–Crippen LogP) is 2.40. The lowest BCUT2D eigenvalue weighted by Gasteiger charge is -2.41. The largest absolute Gasteiger partial charge is 0.465 e. The van der Waals surface area contributed by atoms with Gasteiger partial charge in [-0.25, -0.2) is 4.79 Å². The van der Waals surface area contributed by atoms with Gasteiger partial charge in [0, 0.05) is 36.8 Å². The van der Waals surface area contributed by atoms with Gasteiger partial charge in [0.1, 0.15) is 6.04 Å². The van der Waals surface area contributed by atoms with Crippen molar-refractivity contribution in [2.45, 2.75) is 82.7 Å². The van der Waals surface area contributed by atoms with E-state index in [4.69, 9.17) is 5.73 Å². The smallest absolute Gasteiger partial charge is 0.408 e. The average Bonchev–Trinajstić information content (AvgIpc) is 3.00. The maximum atomic E-state index is 13.1. The minimum atomic E-state index is -1.06. The van der Waals surface area contributed by atoms with Crippen LogP contribution < -0.4 is 11.1 Å². The van der Waals surface area contributed by atoms with Gasteiger partial charge in [0.25, 0.3) is 0 Å². The van der Waals surface area contributed by atoms with Gasteiger partial charge in [-0.1, -0.05) is 30.3 Å². The summed E-state index contributed by atoms with van der Waals surface area (Å²) in [5, 5.41) is 13.3. The fourth-order valence-corrected chi connectivity index (χ4v) is 4.72. The third-order valence-electron chi connectivity index (χ3n) is 5.93. The molecule has 1 saturated heterocycles. The summed E-state index contributed by atoms with van der Waals surface area (Å²) in [6.45, 7) is 7.22. The Morgan fingerprint density at radius 1 is 1.24 bits per heavy atom. The number of hydrogen-bond acceptors (Lipinski definition) is 4. The molecule has 0 unspecified atom stereocenters. The molecule has 0 spiro atoms. The molecule has 4 N–H and O–H groups in total. The lowest BCUT2D eigenvalue weighted by Crippen LogP contribution is -2.57. The number of carbonyl (C=O) groups is 2. The molecule has 1 aliphatic carbocycles. The number of carboxylic acid groups (broad SMARTS) is 1. The van der Waals surface area contributed by atoms with E-state index in [1.54, 1.807) is 0 Å². The van der Waals surface area contributed by atoms with E-state index in [0.717, 1.165) is 24.8 Å². The molecule has 7 nitrogen and oxygen atoms in total.